The fourth-order valence-electron chi connectivity index (χ4n) is 2.23. The number of aromatic nitrogens is 2. The Labute approximate surface area is 118 Å². The second-order valence-corrected chi connectivity index (χ2v) is 4.48. The van der Waals surface area contributed by atoms with Crippen LogP contribution in [-0.2, 0) is 11.3 Å². The number of anilines is 1. The number of likely N-dealkylation sites (N-methyl/N-ethyl adjacent to an activating group) is 1. The number of carbonyl (C=O) groups excluding carboxylic acids is 1. The van der Waals surface area contributed by atoms with Crippen LogP contribution in [0, 0.1) is 0 Å². The lowest BCUT2D eigenvalue weighted by atomic mass is 10.3. The van der Waals surface area contributed by atoms with Gasteiger partial charge in [0.2, 0.25) is 11.9 Å². The van der Waals surface area contributed by atoms with Crippen LogP contribution in [0.15, 0.2) is 18.2 Å². The molecule has 0 spiro atoms. The van der Waals surface area contributed by atoms with Crippen molar-refractivity contribution in [2.45, 2.75) is 20.4 Å². The maximum absolute atomic E-state index is 12.2. The van der Waals surface area contributed by atoms with Crippen molar-refractivity contribution in [3.8, 4) is 5.75 Å². The van der Waals surface area contributed by atoms with E-state index in [4.69, 9.17) is 10.5 Å². The van der Waals surface area contributed by atoms with Crippen LogP contribution < -0.4 is 10.5 Å². The first-order valence-corrected chi connectivity index (χ1v) is 6.68. The zero-order chi connectivity index (χ0) is 14.7. The standard InChI is InChI=1S/C14H20N4O2/c1-4-17(5-2)13(19)9-18-12-7-6-10(20-3)8-11(12)16-14(18)15/h6-8H,4-5,9H2,1-3H3,(H2,15,16). The Balaban J connectivity index is 2.34. The first kappa shape index (κ1) is 14.2. The molecule has 1 amide bonds. The lowest BCUT2D eigenvalue weighted by Crippen LogP contribution is -2.33. The molecule has 2 aromatic rings. The minimum absolute atomic E-state index is 0.0387. The van der Waals surface area contributed by atoms with Crippen molar-refractivity contribution in [1.82, 2.24) is 14.5 Å². The predicted octanol–water partition coefficient (Wildman–Crippen LogP) is 1.50. The normalized spacial score (nSPS) is 10.8. The van der Waals surface area contributed by atoms with Crippen molar-refractivity contribution in [2.75, 3.05) is 25.9 Å². The molecule has 0 fully saturated rings. The quantitative estimate of drug-likeness (QED) is 0.898. The highest BCUT2D eigenvalue weighted by Gasteiger charge is 2.15. The maximum atomic E-state index is 12.2. The highest BCUT2D eigenvalue weighted by molar-refractivity contribution is 5.83. The summed E-state index contributed by atoms with van der Waals surface area (Å²) in [7, 11) is 1.60. The molecule has 0 saturated carbocycles. The number of carbonyl (C=O) groups is 1. The summed E-state index contributed by atoms with van der Waals surface area (Å²) in [6, 6.07) is 5.51. The van der Waals surface area contributed by atoms with Gasteiger partial charge in [0.25, 0.3) is 0 Å². The molecule has 6 heteroatoms. The van der Waals surface area contributed by atoms with Gasteiger partial charge in [-0.1, -0.05) is 0 Å². The molecule has 1 aromatic heterocycles. The summed E-state index contributed by atoms with van der Waals surface area (Å²) in [4.78, 5) is 18.2. The van der Waals surface area contributed by atoms with E-state index < -0.39 is 0 Å². The van der Waals surface area contributed by atoms with Gasteiger partial charge in [0.1, 0.15) is 12.3 Å². The summed E-state index contributed by atoms with van der Waals surface area (Å²) in [6.45, 7) is 5.50. The number of nitrogens with two attached hydrogens (primary N) is 1. The van der Waals surface area contributed by atoms with Gasteiger partial charge < -0.3 is 19.9 Å². The molecular weight excluding hydrogens is 256 g/mol. The molecule has 0 bridgehead atoms. The molecule has 1 heterocycles. The Bertz CT molecular complexity index is 617. The van der Waals surface area contributed by atoms with Crippen molar-refractivity contribution < 1.29 is 9.53 Å². The summed E-state index contributed by atoms with van der Waals surface area (Å²) in [5.74, 6) is 1.10. The van der Waals surface area contributed by atoms with Crippen LogP contribution in [0.1, 0.15) is 13.8 Å². The summed E-state index contributed by atoms with van der Waals surface area (Å²) in [6.07, 6.45) is 0. The van der Waals surface area contributed by atoms with Gasteiger partial charge in [0, 0.05) is 19.2 Å². The Morgan fingerprint density at radius 2 is 2.10 bits per heavy atom. The van der Waals surface area contributed by atoms with Crippen LogP contribution in [0.25, 0.3) is 11.0 Å². The molecule has 2 N–H and O–H groups in total. The number of fused-ring (bicyclic) bond motifs is 1. The number of hydrogen-bond acceptors (Lipinski definition) is 4. The topological polar surface area (TPSA) is 73.4 Å². The van der Waals surface area contributed by atoms with E-state index in [2.05, 4.69) is 4.98 Å². The van der Waals surface area contributed by atoms with Crippen LogP contribution in [0.5, 0.6) is 5.75 Å². The zero-order valence-electron chi connectivity index (χ0n) is 12.1. The van der Waals surface area contributed by atoms with Crippen LogP contribution in [0.3, 0.4) is 0 Å². The van der Waals surface area contributed by atoms with E-state index in [1.807, 2.05) is 32.0 Å². The summed E-state index contributed by atoms with van der Waals surface area (Å²) in [5, 5.41) is 0. The summed E-state index contributed by atoms with van der Waals surface area (Å²) >= 11 is 0. The zero-order valence-corrected chi connectivity index (χ0v) is 12.1. The smallest absolute Gasteiger partial charge is 0.242 e. The molecule has 0 radical (unpaired) electrons. The Kier molecular flexibility index (Phi) is 4.12. The fourth-order valence-corrected chi connectivity index (χ4v) is 2.23. The summed E-state index contributed by atoms with van der Waals surface area (Å²) in [5.41, 5.74) is 7.48. The van der Waals surface area contributed by atoms with Crippen molar-refractivity contribution in [1.29, 1.82) is 0 Å². The maximum Gasteiger partial charge on any atom is 0.242 e. The SMILES string of the molecule is CCN(CC)C(=O)Cn1c(N)nc2cc(OC)ccc21. The van der Waals surface area contributed by atoms with E-state index >= 15 is 0 Å². The molecule has 1 aromatic carbocycles. The number of imidazole rings is 1. The lowest BCUT2D eigenvalue weighted by molar-refractivity contribution is -0.131. The van der Waals surface area contributed by atoms with Crippen molar-refractivity contribution in [3.63, 3.8) is 0 Å². The van der Waals surface area contributed by atoms with Crippen LogP contribution in [0.2, 0.25) is 0 Å². The van der Waals surface area contributed by atoms with Gasteiger partial charge in [0.15, 0.2) is 0 Å². The van der Waals surface area contributed by atoms with E-state index in [9.17, 15) is 4.79 Å². The number of benzene rings is 1. The number of methoxy groups -OCH3 is 1. The highest BCUT2D eigenvalue weighted by atomic mass is 16.5. The molecule has 6 nitrogen and oxygen atoms in total. The number of amides is 1. The first-order chi connectivity index (χ1) is 9.60. The van der Waals surface area contributed by atoms with Gasteiger partial charge in [-0.25, -0.2) is 4.98 Å². The van der Waals surface area contributed by atoms with E-state index in [-0.39, 0.29) is 12.5 Å². The Hall–Kier alpha value is -2.24. The van der Waals surface area contributed by atoms with Crippen LogP contribution in [-0.4, -0.2) is 40.6 Å². The van der Waals surface area contributed by atoms with Gasteiger partial charge in [0.05, 0.1) is 18.1 Å². The molecule has 0 aliphatic rings. The van der Waals surface area contributed by atoms with E-state index in [0.29, 0.717) is 19.0 Å². The Morgan fingerprint density at radius 3 is 2.70 bits per heavy atom. The number of nitrogen functional groups attached to an aromatic ring is 1. The molecule has 0 saturated heterocycles. The molecule has 0 aliphatic carbocycles. The van der Waals surface area contributed by atoms with Crippen LogP contribution in [0.4, 0.5) is 5.95 Å². The molecule has 2 rings (SSSR count). The minimum Gasteiger partial charge on any atom is -0.497 e. The second-order valence-electron chi connectivity index (χ2n) is 4.48. The van der Waals surface area contributed by atoms with Crippen molar-refractivity contribution >= 4 is 22.9 Å². The third-order valence-corrected chi connectivity index (χ3v) is 3.39. The average Bonchev–Trinajstić information content (AvgIpc) is 2.75. The lowest BCUT2D eigenvalue weighted by Gasteiger charge is -2.19. The van der Waals surface area contributed by atoms with E-state index in [0.717, 1.165) is 16.8 Å². The first-order valence-electron chi connectivity index (χ1n) is 6.68. The van der Waals surface area contributed by atoms with E-state index in [1.165, 1.54) is 0 Å². The minimum atomic E-state index is 0.0387. The highest BCUT2D eigenvalue weighted by Crippen LogP contribution is 2.22. The molecule has 0 aliphatic heterocycles. The molecule has 0 atom stereocenters. The number of hydrogen-bond donors (Lipinski definition) is 1. The van der Waals surface area contributed by atoms with Crippen molar-refractivity contribution in [3.05, 3.63) is 18.2 Å². The average molecular weight is 276 g/mol. The van der Waals surface area contributed by atoms with Gasteiger partial charge in [-0.05, 0) is 26.0 Å². The van der Waals surface area contributed by atoms with Gasteiger partial charge in [-0.15, -0.1) is 0 Å². The molecular formula is C14H20N4O2. The van der Waals surface area contributed by atoms with Gasteiger partial charge >= 0.3 is 0 Å². The second kappa shape index (κ2) is 5.81. The third-order valence-electron chi connectivity index (χ3n) is 3.39. The molecule has 108 valence electrons. The third kappa shape index (κ3) is 2.54. The fraction of sp³-hybridized carbons (Fsp3) is 0.429. The number of ether oxygens (including phenoxy) is 1. The number of rotatable bonds is 5. The van der Waals surface area contributed by atoms with Gasteiger partial charge in [-0.2, -0.15) is 0 Å². The summed E-state index contributed by atoms with van der Waals surface area (Å²) < 4.78 is 6.89. The van der Waals surface area contributed by atoms with E-state index in [1.54, 1.807) is 16.6 Å². The monoisotopic (exact) mass is 276 g/mol. The Morgan fingerprint density at radius 1 is 1.40 bits per heavy atom. The van der Waals surface area contributed by atoms with Gasteiger partial charge in [-0.3, -0.25) is 4.79 Å². The molecule has 0 unspecified atom stereocenters. The predicted molar refractivity (Wildman–Crippen MR) is 78.6 cm³/mol. The van der Waals surface area contributed by atoms with Crippen molar-refractivity contribution in [2.24, 2.45) is 0 Å². The number of nitrogens with zero attached hydrogens (tertiary/aromatic N) is 3. The van der Waals surface area contributed by atoms with Crippen LogP contribution >= 0.6 is 0 Å². The largest absolute Gasteiger partial charge is 0.497 e. The molecule has 20 heavy (non-hydrogen) atoms.